The maximum atomic E-state index is 12.3. The minimum atomic E-state index is -0.570. The summed E-state index contributed by atoms with van der Waals surface area (Å²) in [5.41, 5.74) is 0.702. The Morgan fingerprint density at radius 2 is 1.54 bits per heavy atom. The van der Waals surface area contributed by atoms with E-state index in [2.05, 4.69) is 5.32 Å². The van der Waals surface area contributed by atoms with E-state index in [1.54, 1.807) is 6.07 Å². The first-order chi connectivity index (χ1) is 11.4. The van der Waals surface area contributed by atoms with Gasteiger partial charge >= 0.3 is 0 Å². The van der Waals surface area contributed by atoms with Crippen LogP contribution in [0.1, 0.15) is 20.7 Å². The molecule has 1 aliphatic rings. The van der Waals surface area contributed by atoms with Crippen molar-refractivity contribution in [2.75, 3.05) is 11.9 Å². The number of carbonyl (C=O) groups excluding carboxylic acids is 3. The SMILES string of the molecule is O=C(CN1C(=O)c2ccc(Cl)cc2C1=O)Nc1cc(Cl)ccc1Cl. The van der Waals surface area contributed by atoms with Crippen molar-refractivity contribution in [3.8, 4) is 0 Å². The molecule has 0 aromatic heterocycles. The second kappa shape index (κ2) is 6.43. The monoisotopic (exact) mass is 382 g/mol. The molecule has 0 atom stereocenters. The summed E-state index contributed by atoms with van der Waals surface area (Å²) < 4.78 is 0. The lowest BCUT2D eigenvalue weighted by Crippen LogP contribution is -2.37. The molecule has 0 spiro atoms. The van der Waals surface area contributed by atoms with Crippen LogP contribution >= 0.6 is 34.8 Å². The predicted molar refractivity (Wildman–Crippen MR) is 91.9 cm³/mol. The van der Waals surface area contributed by atoms with Crippen molar-refractivity contribution in [1.29, 1.82) is 0 Å². The molecule has 0 unspecified atom stereocenters. The molecule has 0 saturated carbocycles. The van der Waals surface area contributed by atoms with Crippen LogP contribution in [-0.4, -0.2) is 29.2 Å². The van der Waals surface area contributed by atoms with Crippen LogP contribution < -0.4 is 5.32 Å². The fourth-order valence-electron chi connectivity index (χ4n) is 2.33. The van der Waals surface area contributed by atoms with Gasteiger partial charge in [-0.1, -0.05) is 34.8 Å². The molecule has 122 valence electrons. The highest BCUT2D eigenvalue weighted by Crippen LogP contribution is 2.27. The number of imide groups is 1. The second-order valence-electron chi connectivity index (χ2n) is 5.06. The Morgan fingerprint density at radius 3 is 2.29 bits per heavy atom. The van der Waals surface area contributed by atoms with E-state index in [4.69, 9.17) is 34.8 Å². The van der Waals surface area contributed by atoms with Crippen LogP contribution in [0.15, 0.2) is 36.4 Å². The van der Waals surface area contributed by atoms with E-state index in [9.17, 15) is 14.4 Å². The molecular formula is C16H9Cl3N2O3. The van der Waals surface area contributed by atoms with Gasteiger partial charge in [-0.3, -0.25) is 19.3 Å². The number of rotatable bonds is 3. The molecule has 0 radical (unpaired) electrons. The Balaban J connectivity index is 1.77. The van der Waals surface area contributed by atoms with E-state index in [0.717, 1.165) is 4.90 Å². The summed E-state index contributed by atoms with van der Waals surface area (Å²) in [5.74, 6) is -1.68. The van der Waals surface area contributed by atoms with Gasteiger partial charge in [-0.25, -0.2) is 0 Å². The lowest BCUT2D eigenvalue weighted by molar-refractivity contribution is -0.116. The first-order valence-corrected chi connectivity index (χ1v) is 7.91. The van der Waals surface area contributed by atoms with Crippen LogP contribution in [0.4, 0.5) is 5.69 Å². The first kappa shape index (κ1) is 16.8. The molecule has 0 aliphatic carbocycles. The van der Waals surface area contributed by atoms with Gasteiger partial charge in [0.15, 0.2) is 0 Å². The van der Waals surface area contributed by atoms with Gasteiger partial charge in [-0.15, -0.1) is 0 Å². The van der Waals surface area contributed by atoms with Crippen LogP contribution in [-0.2, 0) is 4.79 Å². The number of hydrogen-bond acceptors (Lipinski definition) is 3. The van der Waals surface area contributed by atoms with Crippen molar-refractivity contribution < 1.29 is 14.4 Å². The van der Waals surface area contributed by atoms with Crippen molar-refractivity contribution in [3.63, 3.8) is 0 Å². The average Bonchev–Trinajstić information content (AvgIpc) is 2.75. The molecular weight excluding hydrogens is 375 g/mol. The van der Waals surface area contributed by atoms with E-state index in [1.165, 1.54) is 30.3 Å². The normalized spacial score (nSPS) is 13.2. The molecule has 3 amide bonds. The van der Waals surface area contributed by atoms with Crippen LogP contribution in [0.2, 0.25) is 15.1 Å². The Bertz CT molecular complexity index is 883. The Hall–Kier alpha value is -2.08. The zero-order chi connectivity index (χ0) is 17.4. The van der Waals surface area contributed by atoms with Crippen molar-refractivity contribution >= 4 is 58.2 Å². The lowest BCUT2D eigenvalue weighted by atomic mass is 10.1. The van der Waals surface area contributed by atoms with Crippen LogP contribution in [0.3, 0.4) is 0 Å². The van der Waals surface area contributed by atoms with Crippen molar-refractivity contribution in [2.24, 2.45) is 0 Å². The molecule has 1 aliphatic heterocycles. The summed E-state index contributed by atoms with van der Waals surface area (Å²) >= 11 is 17.7. The number of nitrogens with zero attached hydrogens (tertiary/aromatic N) is 1. The second-order valence-corrected chi connectivity index (χ2v) is 6.34. The van der Waals surface area contributed by atoms with E-state index in [-0.39, 0.29) is 11.1 Å². The van der Waals surface area contributed by atoms with Gasteiger partial charge in [0, 0.05) is 10.0 Å². The number of amides is 3. The average molecular weight is 384 g/mol. The third-order valence-corrected chi connectivity index (χ3v) is 4.24. The largest absolute Gasteiger partial charge is 0.323 e. The minimum Gasteiger partial charge on any atom is -0.323 e. The molecule has 0 saturated heterocycles. The zero-order valence-electron chi connectivity index (χ0n) is 12.0. The summed E-state index contributed by atoms with van der Waals surface area (Å²) in [5, 5.41) is 3.56. The van der Waals surface area contributed by atoms with Crippen molar-refractivity contribution in [2.45, 2.75) is 0 Å². The predicted octanol–water partition coefficient (Wildman–Crippen LogP) is 3.88. The lowest BCUT2D eigenvalue weighted by Gasteiger charge is -2.14. The Morgan fingerprint density at radius 1 is 0.917 bits per heavy atom. The van der Waals surface area contributed by atoms with Gasteiger partial charge in [0.2, 0.25) is 5.91 Å². The quantitative estimate of drug-likeness (QED) is 0.818. The van der Waals surface area contributed by atoms with Gasteiger partial charge in [0.25, 0.3) is 11.8 Å². The molecule has 0 bridgehead atoms. The molecule has 24 heavy (non-hydrogen) atoms. The topological polar surface area (TPSA) is 66.5 Å². The van der Waals surface area contributed by atoms with Crippen molar-refractivity contribution in [1.82, 2.24) is 4.90 Å². The summed E-state index contributed by atoms with van der Waals surface area (Å²) in [4.78, 5) is 37.6. The third-order valence-electron chi connectivity index (χ3n) is 3.44. The maximum absolute atomic E-state index is 12.3. The summed E-state index contributed by atoms with van der Waals surface area (Å²) in [6.45, 7) is -0.438. The number of hydrogen-bond donors (Lipinski definition) is 1. The van der Waals surface area contributed by atoms with E-state index < -0.39 is 24.3 Å². The third kappa shape index (κ3) is 3.11. The number of benzene rings is 2. The van der Waals surface area contributed by atoms with Gasteiger partial charge in [0.1, 0.15) is 6.54 Å². The van der Waals surface area contributed by atoms with E-state index >= 15 is 0 Å². The van der Waals surface area contributed by atoms with Crippen LogP contribution in [0.25, 0.3) is 0 Å². The highest BCUT2D eigenvalue weighted by molar-refractivity contribution is 6.36. The molecule has 1 heterocycles. The molecule has 2 aromatic carbocycles. The Labute approximate surface area is 152 Å². The highest BCUT2D eigenvalue weighted by atomic mass is 35.5. The fraction of sp³-hybridized carbons (Fsp3) is 0.0625. The summed E-state index contributed by atoms with van der Waals surface area (Å²) in [6.07, 6.45) is 0. The van der Waals surface area contributed by atoms with Gasteiger partial charge in [0.05, 0.1) is 21.8 Å². The number of anilines is 1. The summed E-state index contributed by atoms with van der Waals surface area (Å²) in [7, 11) is 0. The highest BCUT2D eigenvalue weighted by Gasteiger charge is 2.36. The molecule has 5 nitrogen and oxygen atoms in total. The smallest absolute Gasteiger partial charge is 0.262 e. The number of fused-ring (bicyclic) bond motifs is 1. The van der Waals surface area contributed by atoms with Gasteiger partial charge in [-0.2, -0.15) is 0 Å². The number of halogens is 3. The van der Waals surface area contributed by atoms with E-state index in [0.29, 0.717) is 20.8 Å². The van der Waals surface area contributed by atoms with Gasteiger partial charge in [-0.05, 0) is 36.4 Å². The number of carbonyl (C=O) groups is 3. The molecule has 2 aromatic rings. The first-order valence-electron chi connectivity index (χ1n) is 6.77. The fourth-order valence-corrected chi connectivity index (χ4v) is 2.84. The van der Waals surface area contributed by atoms with Gasteiger partial charge < -0.3 is 5.32 Å². The zero-order valence-corrected chi connectivity index (χ0v) is 14.2. The maximum Gasteiger partial charge on any atom is 0.262 e. The molecule has 0 fully saturated rings. The van der Waals surface area contributed by atoms with Crippen LogP contribution in [0.5, 0.6) is 0 Å². The standard InChI is InChI=1S/C16H9Cl3N2O3/c17-8-1-3-10-11(5-8)16(24)21(15(10)23)7-14(22)20-13-6-9(18)2-4-12(13)19/h1-6H,7H2,(H,20,22). The number of nitrogens with one attached hydrogen (secondary N) is 1. The summed E-state index contributed by atoms with van der Waals surface area (Å²) in [6, 6.07) is 8.97. The van der Waals surface area contributed by atoms with Crippen LogP contribution in [0, 0.1) is 0 Å². The molecule has 1 N–H and O–H groups in total. The van der Waals surface area contributed by atoms with E-state index in [1.807, 2.05) is 0 Å². The Kier molecular flexibility index (Phi) is 4.49. The molecule has 8 heteroatoms. The molecule has 3 rings (SSSR count). The van der Waals surface area contributed by atoms with Crippen molar-refractivity contribution in [3.05, 3.63) is 62.6 Å². The minimum absolute atomic E-state index is 0.182.